The number of para-hydroxylation sites is 1. The molecule has 0 saturated heterocycles. The summed E-state index contributed by atoms with van der Waals surface area (Å²) in [6.07, 6.45) is -0.275. The quantitative estimate of drug-likeness (QED) is 0.107. The molecule has 14 nitrogen and oxygen atoms in total. The van der Waals surface area contributed by atoms with Gasteiger partial charge in [0.2, 0.25) is 5.66 Å². The van der Waals surface area contributed by atoms with Crippen LogP contribution in [-0.2, 0) is 24.3 Å². The van der Waals surface area contributed by atoms with Gasteiger partial charge in [0.25, 0.3) is 15.7 Å². The van der Waals surface area contributed by atoms with Crippen molar-refractivity contribution in [3.63, 3.8) is 0 Å². The number of ether oxygens (including phenoxy) is 2. The van der Waals surface area contributed by atoms with Gasteiger partial charge in [0, 0.05) is 19.2 Å². The molecule has 0 aliphatic rings. The molecule has 2 amide bonds. The highest BCUT2D eigenvalue weighted by Crippen LogP contribution is 2.33. The second kappa shape index (κ2) is 15.1. The molecule has 0 bridgehead atoms. The number of carbonyl (C=O) groups is 3. The largest absolute Gasteiger partial charge is 0.478 e. The summed E-state index contributed by atoms with van der Waals surface area (Å²) in [5, 5.41) is 27.0. The van der Waals surface area contributed by atoms with E-state index in [4.69, 9.17) is 9.47 Å². The summed E-state index contributed by atoms with van der Waals surface area (Å²) in [5.41, 5.74) is -4.90. The summed E-state index contributed by atoms with van der Waals surface area (Å²) in [6, 6.07) is 4.61. The Bertz CT molecular complexity index is 1210. The van der Waals surface area contributed by atoms with E-state index in [1.54, 1.807) is 48.5 Å². The average Bonchev–Trinajstić information content (AvgIpc) is 2.82. The maximum Gasteiger partial charge on any atom is 0.409 e. The van der Waals surface area contributed by atoms with Crippen LogP contribution in [0, 0.1) is 10.1 Å². The number of nitro benzene ring substituents is 1. The smallest absolute Gasteiger partial charge is 0.409 e. The van der Waals surface area contributed by atoms with Gasteiger partial charge in [0.15, 0.2) is 4.90 Å². The molecule has 0 fully saturated rings. The van der Waals surface area contributed by atoms with Gasteiger partial charge in [-0.1, -0.05) is 38.3 Å². The molecular weight excluding hydrogens is 572 g/mol. The van der Waals surface area contributed by atoms with Gasteiger partial charge in [0.1, 0.15) is 11.2 Å². The Kier molecular flexibility index (Phi) is 13.2. The van der Waals surface area contributed by atoms with Crippen LogP contribution in [0.4, 0.5) is 15.3 Å². The molecule has 238 valence electrons. The number of unbranched alkanes of at least 4 members (excludes halogenated alkanes) is 3. The number of nitrogens with zero attached hydrogens (tertiary/aromatic N) is 2. The van der Waals surface area contributed by atoms with Crippen molar-refractivity contribution in [2.45, 2.75) is 109 Å². The van der Waals surface area contributed by atoms with Crippen molar-refractivity contribution < 1.29 is 42.3 Å². The summed E-state index contributed by atoms with van der Waals surface area (Å²) in [6.45, 7) is 11.5. The van der Waals surface area contributed by atoms with Gasteiger partial charge in [-0.3, -0.25) is 15.4 Å². The fourth-order valence-corrected chi connectivity index (χ4v) is 5.94. The predicted molar refractivity (Wildman–Crippen MR) is 154 cm³/mol. The van der Waals surface area contributed by atoms with Crippen LogP contribution in [-0.4, -0.2) is 70.9 Å². The minimum absolute atomic E-state index is 0.140. The second-order valence-corrected chi connectivity index (χ2v) is 13.5. The molecule has 1 atom stereocenters. The number of carboxylic acids is 1. The first kappa shape index (κ1) is 36.6. The van der Waals surface area contributed by atoms with E-state index in [1.807, 2.05) is 0 Å². The third-order valence-electron chi connectivity index (χ3n) is 5.69. The van der Waals surface area contributed by atoms with Crippen molar-refractivity contribution in [3.05, 3.63) is 34.4 Å². The number of nitrogens with one attached hydrogen (secondary N) is 2. The first-order chi connectivity index (χ1) is 19.3. The van der Waals surface area contributed by atoms with Crippen LogP contribution in [0.15, 0.2) is 29.2 Å². The zero-order valence-corrected chi connectivity index (χ0v) is 26.2. The Balaban J connectivity index is 3.34. The predicted octanol–water partition coefficient (Wildman–Crippen LogP) is 4.78. The Labute approximate surface area is 247 Å². The number of alkyl carbamates (subject to hydrolysis) is 2. The van der Waals surface area contributed by atoms with Crippen molar-refractivity contribution in [1.82, 2.24) is 14.9 Å². The molecule has 1 aromatic rings. The third-order valence-corrected chi connectivity index (χ3v) is 7.66. The van der Waals surface area contributed by atoms with E-state index in [9.17, 15) is 38.0 Å². The van der Waals surface area contributed by atoms with Crippen LogP contribution in [0.25, 0.3) is 0 Å². The van der Waals surface area contributed by atoms with E-state index in [2.05, 4.69) is 10.6 Å². The van der Waals surface area contributed by atoms with Crippen molar-refractivity contribution in [1.29, 1.82) is 0 Å². The topological polar surface area (TPSA) is 194 Å². The Morgan fingerprint density at radius 3 is 2.02 bits per heavy atom. The van der Waals surface area contributed by atoms with Gasteiger partial charge < -0.3 is 19.9 Å². The molecule has 42 heavy (non-hydrogen) atoms. The highest BCUT2D eigenvalue weighted by atomic mass is 32.2. The number of hydrogen-bond donors (Lipinski definition) is 3. The van der Waals surface area contributed by atoms with E-state index in [-0.39, 0.29) is 25.8 Å². The number of hydrogen-bond acceptors (Lipinski definition) is 9. The molecule has 15 heteroatoms. The van der Waals surface area contributed by atoms with Crippen LogP contribution < -0.4 is 10.6 Å². The van der Waals surface area contributed by atoms with Gasteiger partial charge in [-0.05, 0) is 66.9 Å². The van der Waals surface area contributed by atoms with Crippen LogP contribution >= 0.6 is 0 Å². The zero-order valence-electron chi connectivity index (χ0n) is 25.4. The first-order valence-electron chi connectivity index (χ1n) is 13.7. The van der Waals surface area contributed by atoms with Gasteiger partial charge in [-0.15, -0.1) is 0 Å². The fourth-order valence-electron chi connectivity index (χ4n) is 4.05. The third kappa shape index (κ3) is 11.1. The highest BCUT2D eigenvalue weighted by Gasteiger charge is 2.52. The Hall–Kier alpha value is -3.46. The molecule has 0 spiro atoms. The number of carbonyl (C=O) groups excluding carboxylic acids is 2. The van der Waals surface area contributed by atoms with Crippen molar-refractivity contribution >= 4 is 33.9 Å². The fraction of sp³-hybridized carbons (Fsp3) is 0.667. The number of benzene rings is 1. The normalized spacial score (nSPS) is 13.6. The number of sulfonamides is 1. The number of nitro groups is 1. The molecule has 0 aromatic heterocycles. The van der Waals surface area contributed by atoms with E-state index in [1.165, 1.54) is 12.1 Å². The van der Waals surface area contributed by atoms with Gasteiger partial charge in [-0.2, -0.15) is 4.31 Å². The van der Waals surface area contributed by atoms with E-state index in [0.29, 0.717) is 30.1 Å². The lowest BCUT2D eigenvalue weighted by molar-refractivity contribution is -0.387. The lowest BCUT2D eigenvalue weighted by Crippen LogP contribution is -2.67. The molecule has 0 heterocycles. The number of aliphatic carboxylic acids is 1. The van der Waals surface area contributed by atoms with Gasteiger partial charge in [0.05, 0.1) is 4.92 Å². The number of amides is 2. The molecule has 0 radical (unpaired) electrons. The SMILES string of the molecule is CCCC(NC(=O)OC(C)(C)C)(C(=O)O)N(CCCCCCNC(=O)OC(C)(C)C)S(=O)(=O)c1ccccc1[N+](=O)[O-]. The molecule has 0 aliphatic heterocycles. The summed E-state index contributed by atoms with van der Waals surface area (Å²) in [5.74, 6) is -1.67. The minimum atomic E-state index is -4.85. The van der Waals surface area contributed by atoms with E-state index < -0.39 is 60.6 Å². The Morgan fingerprint density at radius 2 is 1.50 bits per heavy atom. The molecule has 1 aromatic carbocycles. The van der Waals surface area contributed by atoms with Crippen LogP contribution in [0.2, 0.25) is 0 Å². The lowest BCUT2D eigenvalue weighted by Gasteiger charge is -2.40. The molecule has 1 rings (SSSR count). The molecule has 3 N–H and O–H groups in total. The van der Waals surface area contributed by atoms with Crippen molar-refractivity contribution in [2.24, 2.45) is 0 Å². The summed E-state index contributed by atoms with van der Waals surface area (Å²) in [4.78, 5) is 47.6. The highest BCUT2D eigenvalue weighted by molar-refractivity contribution is 7.89. The number of carboxylic acid groups (broad SMARTS) is 1. The standard InChI is InChI=1S/C27H44N4O10S/c1-8-17-27(22(32)33,29-24(35)41-26(5,6)7)30(42(38,39)21-16-12-11-15-20(21)31(36)37)19-14-10-9-13-18-28-23(34)40-25(2,3)4/h11-12,15-16H,8-10,13-14,17-19H2,1-7H3,(H,28,34)(H,29,35)(H,32,33). The lowest BCUT2D eigenvalue weighted by atomic mass is 10.0. The van der Waals surface area contributed by atoms with Crippen molar-refractivity contribution in [2.75, 3.05) is 13.1 Å². The molecule has 1 unspecified atom stereocenters. The van der Waals surface area contributed by atoms with Crippen molar-refractivity contribution in [3.8, 4) is 0 Å². The maximum absolute atomic E-state index is 14.0. The summed E-state index contributed by atoms with van der Waals surface area (Å²) >= 11 is 0. The monoisotopic (exact) mass is 616 g/mol. The van der Waals surface area contributed by atoms with Crippen LogP contribution in [0.5, 0.6) is 0 Å². The Morgan fingerprint density at radius 1 is 0.952 bits per heavy atom. The minimum Gasteiger partial charge on any atom is -0.478 e. The first-order valence-corrected chi connectivity index (χ1v) is 15.2. The van der Waals surface area contributed by atoms with Crippen LogP contribution in [0.1, 0.15) is 87.0 Å². The number of rotatable bonds is 15. The maximum atomic E-state index is 14.0. The van der Waals surface area contributed by atoms with Crippen LogP contribution in [0.3, 0.4) is 0 Å². The van der Waals surface area contributed by atoms with E-state index in [0.717, 1.165) is 12.1 Å². The molecular formula is C27H44N4O10S. The van der Waals surface area contributed by atoms with E-state index >= 15 is 0 Å². The molecule has 0 aliphatic carbocycles. The summed E-state index contributed by atoms with van der Waals surface area (Å²) < 4.78 is 39.1. The van der Waals surface area contributed by atoms with Gasteiger partial charge in [-0.25, -0.2) is 22.8 Å². The summed E-state index contributed by atoms with van der Waals surface area (Å²) in [7, 11) is -4.85. The van der Waals surface area contributed by atoms with Gasteiger partial charge >= 0.3 is 18.2 Å². The zero-order chi connectivity index (χ0) is 32.4. The second-order valence-electron chi connectivity index (χ2n) is 11.7. The average molecular weight is 617 g/mol. The molecule has 0 saturated carbocycles.